The molecule has 0 heterocycles. The number of benzene rings is 3. The van der Waals surface area contributed by atoms with Crippen LogP contribution in [0.3, 0.4) is 0 Å². The number of hydrogen-bond donors (Lipinski definition) is 2. The van der Waals surface area contributed by atoms with E-state index in [4.69, 9.17) is 4.74 Å². The number of nitrogens with one attached hydrogen (secondary N) is 2. The molecule has 154 valence electrons. The van der Waals surface area contributed by atoms with Gasteiger partial charge in [-0.1, -0.05) is 49.7 Å². The molecular formula is C24H25N3O3. The fourth-order valence-corrected chi connectivity index (χ4v) is 3.02. The SMILES string of the molecule is CCCCOc1ccc2ccccc2c1/C=N\NC(=O)c1cccc(NC(C)=O)c1. The molecule has 0 saturated heterocycles. The molecule has 3 aromatic carbocycles. The standard InChI is InChI=1S/C24H25N3O3/c1-3-4-14-30-23-13-12-18-8-5-6-11-21(18)22(23)16-25-27-24(29)19-9-7-10-20(15-19)26-17(2)28/h5-13,15-16H,3-4,14H2,1-2H3,(H,26,28)(H,27,29)/b25-16-. The predicted octanol–water partition coefficient (Wildman–Crippen LogP) is 4.74. The van der Waals surface area contributed by atoms with Crippen LogP contribution < -0.4 is 15.5 Å². The van der Waals surface area contributed by atoms with Crippen molar-refractivity contribution in [3.05, 3.63) is 71.8 Å². The van der Waals surface area contributed by atoms with Gasteiger partial charge in [0.25, 0.3) is 5.91 Å². The molecule has 0 aliphatic rings. The number of fused-ring (bicyclic) bond motifs is 1. The molecule has 0 radical (unpaired) electrons. The average molecular weight is 403 g/mol. The Labute approximate surface area is 175 Å². The highest BCUT2D eigenvalue weighted by molar-refractivity contribution is 6.03. The number of carbonyl (C=O) groups is 2. The number of amides is 2. The molecule has 0 fully saturated rings. The number of hydrazone groups is 1. The number of hydrogen-bond acceptors (Lipinski definition) is 4. The maximum absolute atomic E-state index is 12.5. The Hall–Kier alpha value is -3.67. The Kier molecular flexibility index (Phi) is 7.16. The molecule has 0 aromatic heterocycles. The number of unbranched alkanes of at least 4 members (excludes halogenated alkanes) is 1. The fourth-order valence-electron chi connectivity index (χ4n) is 3.02. The summed E-state index contributed by atoms with van der Waals surface area (Å²) in [4.78, 5) is 23.7. The van der Waals surface area contributed by atoms with Crippen LogP contribution in [0.1, 0.15) is 42.6 Å². The van der Waals surface area contributed by atoms with E-state index in [0.29, 0.717) is 17.9 Å². The number of rotatable bonds is 8. The van der Waals surface area contributed by atoms with E-state index in [1.165, 1.54) is 6.92 Å². The average Bonchev–Trinajstić information content (AvgIpc) is 2.74. The summed E-state index contributed by atoms with van der Waals surface area (Å²) in [5.74, 6) is 0.164. The third-order valence-corrected chi connectivity index (χ3v) is 4.49. The summed E-state index contributed by atoms with van der Waals surface area (Å²) in [5, 5.41) is 8.88. The van der Waals surface area contributed by atoms with Gasteiger partial charge >= 0.3 is 0 Å². The third kappa shape index (κ3) is 5.44. The zero-order valence-corrected chi connectivity index (χ0v) is 17.1. The van der Waals surface area contributed by atoms with Crippen LogP contribution in [0.2, 0.25) is 0 Å². The number of anilines is 1. The van der Waals surface area contributed by atoms with E-state index in [1.54, 1.807) is 30.5 Å². The maximum Gasteiger partial charge on any atom is 0.271 e. The summed E-state index contributed by atoms with van der Waals surface area (Å²) in [6.07, 6.45) is 3.62. The monoisotopic (exact) mass is 403 g/mol. The van der Waals surface area contributed by atoms with Gasteiger partial charge in [-0.3, -0.25) is 9.59 Å². The van der Waals surface area contributed by atoms with Crippen molar-refractivity contribution in [2.24, 2.45) is 5.10 Å². The van der Waals surface area contributed by atoms with Crippen molar-refractivity contribution in [2.45, 2.75) is 26.7 Å². The molecular weight excluding hydrogens is 378 g/mol. The van der Waals surface area contributed by atoms with Crippen molar-refractivity contribution in [3.63, 3.8) is 0 Å². The zero-order valence-electron chi connectivity index (χ0n) is 17.1. The second-order valence-electron chi connectivity index (χ2n) is 6.86. The van der Waals surface area contributed by atoms with Gasteiger partial charge in [-0.15, -0.1) is 0 Å². The molecule has 6 heteroatoms. The lowest BCUT2D eigenvalue weighted by atomic mass is 10.0. The molecule has 2 amide bonds. The molecule has 0 aliphatic carbocycles. The molecule has 30 heavy (non-hydrogen) atoms. The van der Waals surface area contributed by atoms with Crippen molar-refractivity contribution in [1.29, 1.82) is 0 Å². The van der Waals surface area contributed by atoms with Crippen LogP contribution in [-0.2, 0) is 4.79 Å². The van der Waals surface area contributed by atoms with Crippen molar-refractivity contribution in [3.8, 4) is 5.75 Å². The first-order valence-electron chi connectivity index (χ1n) is 9.94. The molecule has 3 rings (SSSR count). The molecule has 0 atom stereocenters. The Morgan fingerprint density at radius 2 is 1.90 bits per heavy atom. The topological polar surface area (TPSA) is 79.8 Å². The van der Waals surface area contributed by atoms with Gasteiger partial charge in [-0.05, 0) is 41.5 Å². The highest BCUT2D eigenvalue weighted by atomic mass is 16.5. The highest BCUT2D eigenvalue weighted by Gasteiger charge is 2.09. The van der Waals surface area contributed by atoms with Gasteiger partial charge < -0.3 is 10.1 Å². The Bertz CT molecular complexity index is 1080. The van der Waals surface area contributed by atoms with Crippen molar-refractivity contribution < 1.29 is 14.3 Å². The van der Waals surface area contributed by atoms with Gasteiger partial charge in [0.05, 0.1) is 12.8 Å². The van der Waals surface area contributed by atoms with E-state index in [-0.39, 0.29) is 11.8 Å². The van der Waals surface area contributed by atoms with E-state index in [2.05, 4.69) is 22.8 Å². The lowest BCUT2D eigenvalue weighted by Crippen LogP contribution is -2.18. The minimum absolute atomic E-state index is 0.197. The summed E-state index contributed by atoms with van der Waals surface area (Å²) in [7, 11) is 0. The van der Waals surface area contributed by atoms with Gasteiger partial charge in [0, 0.05) is 23.7 Å². The summed E-state index contributed by atoms with van der Waals surface area (Å²) in [5.41, 5.74) is 4.32. The summed E-state index contributed by atoms with van der Waals surface area (Å²) in [6.45, 7) is 4.15. The molecule has 0 bridgehead atoms. The summed E-state index contributed by atoms with van der Waals surface area (Å²) in [6, 6.07) is 18.6. The lowest BCUT2D eigenvalue weighted by molar-refractivity contribution is -0.114. The minimum Gasteiger partial charge on any atom is -0.493 e. The van der Waals surface area contributed by atoms with Crippen molar-refractivity contribution in [2.75, 3.05) is 11.9 Å². The quantitative estimate of drug-likeness (QED) is 0.324. The van der Waals surface area contributed by atoms with Crippen molar-refractivity contribution in [1.82, 2.24) is 5.43 Å². The normalized spacial score (nSPS) is 10.9. The third-order valence-electron chi connectivity index (χ3n) is 4.49. The van der Waals surface area contributed by atoms with Gasteiger partial charge in [-0.25, -0.2) is 5.43 Å². The first kappa shape index (κ1) is 21.0. The minimum atomic E-state index is -0.368. The summed E-state index contributed by atoms with van der Waals surface area (Å²) < 4.78 is 5.94. The van der Waals surface area contributed by atoms with Crippen LogP contribution in [0, 0.1) is 0 Å². The van der Waals surface area contributed by atoms with Gasteiger partial charge in [0.2, 0.25) is 5.91 Å². The van der Waals surface area contributed by atoms with Crippen LogP contribution in [0.25, 0.3) is 10.8 Å². The molecule has 0 aliphatic heterocycles. The zero-order chi connectivity index (χ0) is 21.3. The first-order valence-corrected chi connectivity index (χ1v) is 9.94. The van der Waals surface area contributed by atoms with Crippen LogP contribution in [0.5, 0.6) is 5.75 Å². The van der Waals surface area contributed by atoms with Gasteiger partial charge in [0.1, 0.15) is 5.75 Å². The van der Waals surface area contributed by atoms with Crippen LogP contribution in [0.15, 0.2) is 65.8 Å². The van der Waals surface area contributed by atoms with Crippen LogP contribution in [0.4, 0.5) is 5.69 Å². The first-order chi connectivity index (χ1) is 14.6. The van der Waals surface area contributed by atoms with Gasteiger partial charge in [-0.2, -0.15) is 5.10 Å². The summed E-state index contributed by atoms with van der Waals surface area (Å²) >= 11 is 0. The molecule has 3 aromatic rings. The predicted molar refractivity (Wildman–Crippen MR) is 120 cm³/mol. The highest BCUT2D eigenvalue weighted by Crippen LogP contribution is 2.27. The van der Waals surface area contributed by atoms with Gasteiger partial charge in [0.15, 0.2) is 0 Å². The molecule has 0 spiro atoms. The maximum atomic E-state index is 12.5. The largest absolute Gasteiger partial charge is 0.493 e. The Morgan fingerprint density at radius 3 is 2.70 bits per heavy atom. The van der Waals surface area contributed by atoms with Crippen LogP contribution >= 0.6 is 0 Å². The van der Waals surface area contributed by atoms with E-state index in [9.17, 15) is 9.59 Å². The van der Waals surface area contributed by atoms with E-state index in [1.807, 2.05) is 36.4 Å². The number of carbonyl (C=O) groups excluding carboxylic acids is 2. The molecule has 6 nitrogen and oxygen atoms in total. The van der Waals surface area contributed by atoms with E-state index >= 15 is 0 Å². The Balaban J connectivity index is 1.80. The van der Waals surface area contributed by atoms with Crippen molar-refractivity contribution >= 4 is 34.5 Å². The smallest absolute Gasteiger partial charge is 0.271 e. The van der Waals surface area contributed by atoms with Crippen LogP contribution in [-0.4, -0.2) is 24.6 Å². The fraction of sp³-hybridized carbons (Fsp3) is 0.208. The Morgan fingerprint density at radius 1 is 1.07 bits per heavy atom. The second kappa shape index (κ2) is 10.2. The van der Waals surface area contributed by atoms with E-state index < -0.39 is 0 Å². The van der Waals surface area contributed by atoms with E-state index in [0.717, 1.165) is 34.9 Å². The molecule has 0 saturated carbocycles. The second-order valence-corrected chi connectivity index (χ2v) is 6.86. The number of nitrogens with zero attached hydrogens (tertiary/aromatic N) is 1. The molecule has 0 unspecified atom stereocenters. The molecule has 2 N–H and O–H groups in total. The number of ether oxygens (including phenoxy) is 1. The lowest BCUT2D eigenvalue weighted by Gasteiger charge is -2.11.